The highest BCUT2D eigenvalue weighted by Crippen LogP contribution is 2.32. The molecule has 0 spiro atoms. The number of nitrogens with one attached hydrogen (secondary N) is 1. The molecule has 0 saturated heterocycles. The van der Waals surface area contributed by atoms with Crippen LogP contribution in [0.5, 0.6) is 0 Å². The summed E-state index contributed by atoms with van der Waals surface area (Å²) in [7, 11) is 0. The summed E-state index contributed by atoms with van der Waals surface area (Å²) >= 11 is 0. The van der Waals surface area contributed by atoms with Gasteiger partial charge >= 0.3 is 0 Å². The molecule has 0 aromatic heterocycles. The van der Waals surface area contributed by atoms with Crippen LogP contribution in [0.1, 0.15) is 45.6 Å². The monoisotopic (exact) mass is 333 g/mol. The Hall–Kier alpha value is -2.35. The van der Waals surface area contributed by atoms with Crippen LogP contribution in [0.4, 0.5) is 0 Å². The molecule has 2 heteroatoms. The number of hydrogen-bond acceptors (Lipinski definition) is 1. The van der Waals surface area contributed by atoms with E-state index in [4.69, 9.17) is 0 Å². The lowest BCUT2D eigenvalue weighted by Gasteiger charge is -2.26. The standard InChI is InChI=1S/C23H27NO/c1-17(25)24-13-7-6-12-23(2,3)22-11-10-20-14-18-8-4-5-9-19(18)15-21(20)16-22/h4-5,8-11,14-16H,6-7,12-13H2,1-3H3,(H,24,25). The number of rotatable bonds is 6. The van der Waals surface area contributed by atoms with Crippen molar-refractivity contribution in [1.29, 1.82) is 0 Å². The minimum atomic E-state index is 0.0565. The lowest BCUT2D eigenvalue weighted by molar-refractivity contribution is -0.118. The zero-order chi connectivity index (χ0) is 17.9. The summed E-state index contributed by atoms with van der Waals surface area (Å²) in [6.45, 7) is 6.97. The van der Waals surface area contributed by atoms with E-state index in [1.807, 2.05) is 0 Å². The summed E-state index contributed by atoms with van der Waals surface area (Å²) in [6, 6.07) is 20.0. The van der Waals surface area contributed by atoms with Crippen molar-refractivity contribution in [3.8, 4) is 0 Å². The number of hydrogen-bond donors (Lipinski definition) is 1. The molecule has 0 unspecified atom stereocenters. The van der Waals surface area contributed by atoms with Crippen LogP contribution in [-0.4, -0.2) is 12.5 Å². The van der Waals surface area contributed by atoms with Crippen molar-refractivity contribution >= 4 is 27.5 Å². The third-order valence-electron chi connectivity index (χ3n) is 5.09. The third-order valence-corrected chi connectivity index (χ3v) is 5.09. The summed E-state index contributed by atoms with van der Waals surface area (Å²) in [5.41, 5.74) is 1.52. The van der Waals surface area contributed by atoms with Gasteiger partial charge in [-0.05, 0) is 57.5 Å². The Balaban J connectivity index is 1.77. The van der Waals surface area contributed by atoms with Crippen LogP contribution in [0.2, 0.25) is 0 Å². The molecule has 0 aliphatic rings. The van der Waals surface area contributed by atoms with Gasteiger partial charge in [0.05, 0.1) is 0 Å². The second kappa shape index (κ2) is 7.26. The lowest BCUT2D eigenvalue weighted by Crippen LogP contribution is -2.22. The van der Waals surface area contributed by atoms with Gasteiger partial charge in [0.25, 0.3) is 0 Å². The Morgan fingerprint density at radius 1 is 0.880 bits per heavy atom. The van der Waals surface area contributed by atoms with E-state index >= 15 is 0 Å². The Kier molecular flexibility index (Phi) is 5.08. The first-order valence-corrected chi connectivity index (χ1v) is 9.13. The van der Waals surface area contributed by atoms with Crippen LogP contribution >= 0.6 is 0 Å². The molecule has 1 amide bonds. The molecule has 0 saturated carbocycles. The molecule has 2 nitrogen and oxygen atoms in total. The van der Waals surface area contributed by atoms with Gasteiger partial charge in [0.1, 0.15) is 0 Å². The predicted molar refractivity (Wildman–Crippen MR) is 107 cm³/mol. The fraction of sp³-hybridized carbons (Fsp3) is 0.348. The normalized spacial score (nSPS) is 11.8. The zero-order valence-corrected chi connectivity index (χ0v) is 15.4. The predicted octanol–water partition coefficient (Wildman–Crippen LogP) is 5.58. The lowest BCUT2D eigenvalue weighted by atomic mass is 9.79. The maximum Gasteiger partial charge on any atom is 0.216 e. The Morgan fingerprint density at radius 3 is 2.20 bits per heavy atom. The molecule has 0 atom stereocenters. The van der Waals surface area contributed by atoms with Gasteiger partial charge in [-0.25, -0.2) is 0 Å². The topological polar surface area (TPSA) is 29.1 Å². The molecule has 0 radical (unpaired) electrons. The number of carbonyl (C=O) groups is 1. The smallest absolute Gasteiger partial charge is 0.216 e. The largest absolute Gasteiger partial charge is 0.356 e. The van der Waals surface area contributed by atoms with Crippen molar-refractivity contribution in [2.45, 2.75) is 45.4 Å². The Bertz CT molecular complexity index is 895. The van der Waals surface area contributed by atoms with Crippen molar-refractivity contribution in [3.63, 3.8) is 0 Å². The van der Waals surface area contributed by atoms with Gasteiger partial charge < -0.3 is 5.32 Å². The van der Waals surface area contributed by atoms with Crippen molar-refractivity contribution < 1.29 is 4.79 Å². The van der Waals surface area contributed by atoms with Gasteiger partial charge in [-0.15, -0.1) is 0 Å². The highest BCUT2D eigenvalue weighted by molar-refractivity contribution is 5.98. The second-order valence-corrected chi connectivity index (χ2v) is 7.59. The minimum absolute atomic E-state index is 0.0565. The molecule has 0 aliphatic carbocycles. The van der Waals surface area contributed by atoms with E-state index in [2.05, 4.69) is 73.8 Å². The van der Waals surface area contributed by atoms with Crippen LogP contribution in [0, 0.1) is 0 Å². The van der Waals surface area contributed by atoms with Gasteiger partial charge in [0.2, 0.25) is 5.91 Å². The van der Waals surface area contributed by atoms with Crippen molar-refractivity contribution in [1.82, 2.24) is 5.32 Å². The highest BCUT2D eigenvalue weighted by atomic mass is 16.1. The fourth-order valence-electron chi connectivity index (χ4n) is 3.46. The molecular formula is C23H27NO. The zero-order valence-electron chi connectivity index (χ0n) is 15.4. The average molecular weight is 333 g/mol. The summed E-state index contributed by atoms with van der Waals surface area (Å²) in [6.07, 6.45) is 3.26. The molecular weight excluding hydrogens is 306 g/mol. The van der Waals surface area contributed by atoms with Crippen LogP contribution in [0.3, 0.4) is 0 Å². The molecule has 0 aliphatic heterocycles. The first-order chi connectivity index (χ1) is 12.0. The quantitative estimate of drug-likeness (QED) is 0.463. The van der Waals surface area contributed by atoms with E-state index in [1.54, 1.807) is 6.92 Å². The molecule has 0 bridgehead atoms. The van der Waals surface area contributed by atoms with E-state index in [0.717, 1.165) is 25.8 Å². The summed E-state index contributed by atoms with van der Waals surface area (Å²) in [5.74, 6) is 0.0565. The van der Waals surface area contributed by atoms with Crippen LogP contribution in [0.25, 0.3) is 21.5 Å². The Labute approximate surface area is 150 Å². The molecule has 3 aromatic rings. The maximum absolute atomic E-state index is 10.9. The summed E-state index contributed by atoms with van der Waals surface area (Å²) < 4.78 is 0. The maximum atomic E-state index is 10.9. The number of unbranched alkanes of at least 4 members (excludes halogenated alkanes) is 1. The highest BCUT2D eigenvalue weighted by Gasteiger charge is 2.20. The van der Waals surface area contributed by atoms with E-state index in [0.29, 0.717) is 0 Å². The van der Waals surface area contributed by atoms with E-state index in [1.165, 1.54) is 27.1 Å². The van der Waals surface area contributed by atoms with Crippen molar-refractivity contribution in [3.05, 3.63) is 60.2 Å². The Morgan fingerprint density at radius 2 is 1.52 bits per heavy atom. The van der Waals surface area contributed by atoms with Crippen LogP contribution in [-0.2, 0) is 10.2 Å². The summed E-state index contributed by atoms with van der Waals surface area (Å²) in [5, 5.41) is 8.06. The minimum Gasteiger partial charge on any atom is -0.356 e. The van der Waals surface area contributed by atoms with E-state index in [9.17, 15) is 4.79 Å². The van der Waals surface area contributed by atoms with E-state index in [-0.39, 0.29) is 11.3 Å². The van der Waals surface area contributed by atoms with Crippen LogP contribution < -0.4 is 5.32 Å². The SMILES string of the molecule is CC(=O)NCCCCC(C)(C)c1ccc2cc3ccccc3cc2c1. The molecule has 3 aromatic carbocycles. The molecule has 0 heterocycles. The average Bonchev–Trinajstić information content (AvgIpc) is 2.58. The second-order valence-electron chi connectivity index (χ2n) is 7.59. The number of carbonyl (C=O) groups excluding carboxylic acids is 1. The van der Waals surface area contributed by atoms with Gasteiger partial charge in [-0.1, -0.05) is 62.7 Å². The molecule has 3 rings (SSSR count). The molecule has 25 heavy (non-hydrogen) atoms. The van der Waals surface area contributed by atoms with Gasteiger partial charge in [0, 0.05) is 13.5 Å². The van der Waals surface area contributed by atoms with Gasteiger partial charge in [0.15, 0.2) is 0 Å². The number of amides is 1. The number of fused-ring (bicyclic) bond motifs is 2. The van der Waals surface area contributed by atoms with Gasteiger partial charge in [-0.3, -0.25) is 4.79 Å². The molecule has 0 fully saturated rings. The van der Waals surface area contributed by atoms with Gasteiger partial charge in [-0.2, -0.15) is 0 Å². The van der Waals surface area contributed by atoms with Crippen molar-refractivity contribution in [2.75, 3.05) is 6.54 Å². The fourth-order valence-corrected chi connectivity index (χ4v) is 3.46. The van der Waals surface area contributed by atoms with Crippen LogP contribution in [0.15, 0.2) is 54.6 Å². The first kappa shape index (κ1) is 17.5. The number of benzene rings is 3. The first-order valence-electron chi connectivity index (χ1n) is 9.13. The molecule has 130 valence electrons. The third kappa shape index (κ3) is 4.19. The van der Waals surface area contributed by atoms with E-state index < -0.39 is 0 Å². The summed E-state index contributed by atoms with van der Waals surface area (Å²) in [4.78, 5) is 10.9. The van der Waals surface area contributed by atoms with Crippen molar-refractivity contribution in [2.24, 2.45) is 0 Å². The molecule has 1 N–H and O–H groups in total.